The first-order valence-corrected chi connectivity index (χ1v) is 8.32. The van der Waals surface area contributed by atoms with Crippen LogP contribution in [-0.4, -0.2) is 44.4 Å². The van der Waals surface area contributed by atoms with Crippen LogP contribution in [0.1, 0.15) is 32.3 Å². The second-order valence-corrected chi connectivity index (χ2v) is 6.45. The molecule has 0 amide bonds. The van der Waals surface area contributed by atoms with Gasteiger partial charge in [0.15, 0.2) is 5.96 Å². The van der Waals surface area contributed by atoms with Crippen LogP contribution in [0, 0.1) is 6.92 Å². The molecule has 1 aliphatic heterocycles. The molecule has 1 saturated heterocycles. The van der Waals surface area contributed by atoms with Crippen LogP contribution in [0.2, 0.25) is 0 Å². The van der Waals surface area contributed by atoms with Crippen LogP contribution in [0.4, 0.5) is 0 Å². The lowest BCUT2D eigenvalue weighted by atomic mass is 10.0. The highest BCUT2D eigenvalue weighted by Crippen LogP contribution is 2.23. The van der Waals surface area contributed by atoms with Gasteiger partial charge in [0, 0.05) is 20.2 Å². The molecule has 0 aliphatic carbocycles. The maximum atomic E-state index is 5.89. The molecule has 136 valence electrons. The highest BCUT2D eigenvalue weighted by molar-refractivity contribution is 14.0. The van der Waals surface area contributed by atoms with Crippen molar-refractivity contribution in [3.63, 3.8) is 0 Å². The molecule has 6 heteroatoms. The van der Waals surface area contributed by atoms with Crippen molar-refractivity contribution in [3.05, 3.63) is 29.8 Å². The molecule has 1 aliphatic rings. The summed E-state index contributed by atoms with van der Waals surface area (Å²) in [6.07, 6.45) is 2.27. The lowest BCUT2D eigenvalue weighted by molar-refractivity contribution is 0.0242. The van der Waals surface area contributed by atoms with Gasteiger partial charge in [0.1, 0.15) is 11.9 Å². The molecule has 2 rings (SSSR count). The highest BCUT2D eigenvalue weighted by Gasteiger charge is 2.29. The minimum atomic E-state index is -0.0817. The third-order valence-electron chi connectivity index (χ3n) is 4.07. The van der Waals surface area contributed by atoms with Crippen LogP contribution >= 0.6 is 24.0 Å². The van der Waals surface area contributed by atoms with E-state index in [1.54, 1.807) is 7.05 Å². The minimum Gasteiger partial charge on any atom is -0.489 e. The van der Waals surface area contributed by atoms with Gasteiger partial charge in [-0.15, -0.1) is 24.0 Å². The molecule has 2 unspecified atom stereocenters. The van der Waals surface area contributed by atoms with Gasteiger partial charge in [-0.2, -0.15) is 0 Å². The van der Waals surface area contributed by atoms with Crippen LogP contribution in [0.3, 0.4) is 0 Å². The van der Waals surface area contributed by atoms with E-state index in [0.717, 1.165) is 37.7 Å². The number of aliphatic imine (C=N–C) groups is 1. The smallest absolute Gasteiger partial charge is 0.191 e. The van der Waals surface area contributed by atoms with Crippen LogP contribution in [0.25, 0.3) is 0 Å². The Kier molecular flexibility index (Phi) is 8.83. The van der Waals surface area contributed by atoms with Crippen LogP contribution in [-0.2, 0) is 4.74 Å². The SMILES string of the molecule is CN=C(NCC(C)Oc1ccc(C)cc1)NCC1(C)CCCO1.I. The average molecular weight is 447 g/mol. The zero-order valence-electron chi connectivity index (χ0n) is 15.1. The lowest BCUT2D eigenvalue weighted by Crippen LogP contribution is -2.47. The average Bonchev–Trinajstić information content (AvgIpc) is 2.97. The summed E-state index contributed by atoms with van der Waals surface area (Å²) in [5.41, 5.74) is 1.15. The van der Waals surface area contributed by atoms with Gasteiger partial charge in [-0.05, 0) is 45.7 Å². The number of ether oxygens (including phenoxy) is 2. The molecule has 0 saturated carbocycles. The van der Waals surface area contributed by atoms with Crippen molar-refractivity contribution in [1.82, 2.24) is 10.6 Å². The Morgan fingerprint density at radius 1 is 1.33 bits per heavy atom. The predicted octanol–water partition coefficient (Wildman–Crippen LogP) is 3.11. The largest absolute Gasteiger partial charge is 0.489 e. The van der Waals surface area contributed by atoms with E-state index < -0.39 is 0 Å². The molecule has 5 nitrogen and oxygen atoms in total. The number of guanidine groups is 1. The van der Waals surface area contributed by atoms with E-state index in [9.17, 15) is 0 Å². The number of rotatable bonds is 6. The van der Waals surface area contributed by atoms with Crippen molar-refractivity contribution in [3.8, 4) is 5.75 Å². The van der Waals surface area contributed by atoms with Gasteiger partial charge in [-0.1, -0.05) is 17.7 Å². The monoisotopic (exact) mass is 447 g/mol. The molecule has 0 spiro atoms. The number of nitrogens with zero attached hydrogens (tertiary/aromatic N) is 1. The summed E-state index contributed by atoms with van der Waals surface area (Å²) in [6.45, 7) is 8.56. The molecule has 24 heavy (non-hydrogen) atoms. The van der Waals surface area contributed by atoms with E-state index in [-0.39, 0.29) is 35.7 Å². The molecule has 1 heterocycles. The predicted molar refractivity (Wildman–Crippen MR) is 110 cm³/mol. The fourth-order valence-electron chi connectivity index (χ4n) is 2.60. The number of halogens is 1. The van der Waals surface area contributed by atoms with Gasteiger partial charge in [0.25, 0.3) is 0 Å². The molecular formula is C18H30IN3O2. The van der Waals surface area contributed by atoms with Crippen molar-refractivity contribution < 1.29 is 9.47 Å². The maximum absolute atomic E-state index is 5.89. The van der Waals surface area contributed by atoms with E-state index >= 15 is 0 Å². The molecule has 0 radical (unpaired) electrons. The molecular weight excluding hydrogens is 417 g/mol. The zero-order chi connectivity index (χ0) is 16.7. The Balaban J connectivity index is 0.00000288. The van der Waals surface area contributed by atoms with Gasteiger partial charge in [-0.3, -0.25) is 4.99 Å². The minimum absolute atomic E-state index is 0. The van der Waals surface area contributed by atoms with Crippen molar-refractivity contribution in [2.24, 2.45) is 4.99 Å². The van der Waals surface area contributed by atoms with Gasteiger partial charge >= 0.3 is 0 Å². The normalized spacial score (nSPS) is 21.8. The molecule has 2 atom stereocenters. The standard InChI is InChI=1S/C18H29N3O2.HI/c1-14-6-8-16(9-7-14)23-15(2)12-20-17(19-4)21-13-18(3)10-5-11-22-18;/h6-9,15H,5,10-13H2,1-4H3,(H2,19,20,21);1H. The number of hydrogen-bond acceptors (Lipinski definition) is 3. The topological polar surface area (TPSA) is 54.9 Å². The number of aryl methyl sites for hydroxylation is 1. The van der Waals surface area contributed by atoms with Crippen molar-refractivity contribution >= 4 is 29.9 Å². The second kappa shape index (κ2) is 10.1. The first-order valence-electron chi connectivity index (χ1n) is 8.32. The lowest BCUT2D eigenvalue weighted by Gasteiger charge is -2.25. The van der Waals surface area contributed by atoms with E-state index in [0.29, 0.717) is 6.54 Å². The van der Waals surface area contributed by atoms with E-state index in [1.807, 2.05) is 19.1 Å². The first-order chi connectivity index (χ1) is 11.0. The molecule has 0 bridgehead atoms. The molecule has 1 aromatic carbocycles. The van der Waals surface area contributed by atoms with Crippen LogP contribution in [0.5, 0.6) is 5.75 Å². The summed E-state index contributed by atoms with van der Waals surface area (Å²) in [5.74, 6) is 1.67. The second-order valence-electron chi connectivity index (χ2n) is 6.45. The number of benzene rings is 1. The fourth-order valence-corrected chi connectivity index (χ4v) is 2.60. The Bertz CT molecular complexity index is 514. The summed E-state index contributed by atoms with van der Waals surface area (Å²) < 4.78 is 11.7. The van der Waals surface area contributed by atoms with Gasteiger partial charge < -0.3 is 20.1 Å². The number of nitrogens with one attached hydrogen (secondary N) is 2. The van der Waals surface area contributed by atoms with Crippen molar-refractivity contribution in [1.29, 1.82) is 0 Å². The maximum Gasteiger partial charge on any atom is 0.191 e. The van der Waals surface area contributed by atoms with Gasteiger partial charge in [0.05, 0.1) is 12.1 Å². The Morgan fingerprint density at radius 2 is 2.04 bits per heavy atom. The molecule has 1 aromatic rings. The first kappa shape index (κ1) is 21.0. The van der Waals surface area contributed by atoms with Gasteiger partial charge in [-0.25, -0.2) is 0 Å². The number of hydrogen-bond donors (Lipinski definition) is 2. The fraction of sp³-hybridized carbons (Fsp3) is 0.611. The van der Waals surface area contributed by atoms with Crippen molar-refractivity contribution in [2.45, 2.75) is 45.3 Å². The highest BCUT2D eigenvalue weighted by atomic mass is 127. The molecule has 2 N–H and O–H groups in total. The van der Waals surface area contributed by atoms with E-state index in [4.69, 9.17) is 9.47 Å². The summed E-state index contributed by atoms with van der Waals surface area (Å²) in [4.78, 5) is 4.25. The summed E-state index contributed by atoms with van der Waals surface area (Å²) >= 11 is 0. The van der Waals surface area contributed by atoms with Crippen LogP contribution in [0.15, 0.2) is 29.3 Å². The Morgan fingerprint density at radius 3 is 2.62 bits per heavy atom. The van der Waals surface area contributed by atoms with Crippen LogP contribution < -0.4 is 15.4 Å². The van der Waals surface area contributed by atoms with Gasteiger partial charge in [0.2, 0.25) is 0 Å². The summed E-state index contributed by atoms with van der Waals surface area (Å²) in [7, 11) is 1.78. The Hall–Kier alpha value is -1.02. The quantitative estimate of drug-likeness (QED) is 0.400. The Labute approximate surface area is 162 Å². The summed E-state index contributed by atoms with van der Waals surface area (Å²) in [6, 6.07) is 8.10. The van der Waals surface area contributed by atoms with E-state index in [1.165, 1.54) is 5.56 Å². The third-order valence-corrected chi connectivity index (χ3v) is 4.07. The third kappa shape index (κ3) is 6.84. The zero-order valence-corrected chi connectivity index (χ0v) is 17.4. The van der Waals surface area contributed by atoms with E-state index in [2.05, 4.69) is 41.6 Å². The van der Waals surface area contributed by atoms with Crippen molar-refractivity contribution in [2.75, 3.05) is 26.7 Å². The molecule has 0 aromatic heterocycles. The summed E-state index contributed by atoms with van der Waals surface area (Å²) in [5, 5.41) is 6.64. The molecule has 1 fully saturated rings.